The summed E-state index contributed by atoms with van der Waals surface area (Å²) >= 11 is 5.13. The minimum absolute atomic E-state index is 0.458. The Morgan fingerprint density at radius 3 is 2.50 bits per heavy atom. The number of aromatic nitrogens is 2. The Morgan fingerprint density at radius 1 is 1.10 bits per heavy atom. The predicted molar refractivity (Wildman–Crippen MR) is 87.6 cm³/mol. The molecule has 0 aliphatic heterocycles. The van der Waals surface area contributed by atoms with E-state index in [1.807, 2.05) is 35.7 Å². The highest BCUT2D eigenvalue weighted by Crippen LogP contribution is 2.33. The van der Waals surface area contributed by atoms with Gasteiger partial charge in [-0.25, -0.2) is 9.97 Å². The van der Waals surface area contributed by atoms with Crippen LogP contribution in [0.1, 0.15) is 5.56 Å². The van der Waals surface area contributed by atoms with Crippen molar-refractivity contribution >= 4 is 33.1 Å². The first-order valence-electron chi connectivity index (χ1n) is 6.08. The summed E-state index contributed by atoms with van der Waals surface area (Å²) in [5.41, 5.74) is 10.1. The Labute approximate surface area is 129 Å². The summed E-state index contributed by atoms with van der Waals surface area (Å²) in [5.74, 6) is 1.13. The van der Waals surface area contributed by atoms with Gasteiger partial charge in [0.25, 0.3) is 0 Å². The van der Waals surface area contributed by atoms with Crippen LogP contribution in [-0.4, -0.2) is 9.97 Å². The molecule has 0 unspecified atom stereocenters. The van der Waals surface area contributed by atoms with Crippen molar-refractivity contribution in [3.8, 4) is 22.6 Å². The fourth-order valence-electron chi connectivity index (χ4n) is 1.96. The average Bonchev–Trinajstić information content (AvgIpc) is 2.89. The molecule has 3 nitrogen and oxygen atoms in total. The first-order chi connectivity index (χ1) is 9.66. The van der Waals surface area contributed by atoms with E-state index in [1.165, 1.54) is 0 Å². The second kappa shape index (κ2) is 5.34. The van der Waals surface area contributed by atoms with Gasteiger partial charge in [-0.2, -0.15) is 11.3 Å². The quantitative estimate of drug-likeness (QED) is 0.742. The Bertz CT molecular complexity index is 753. The van der Waals surface area contributed by atoms with Crippen LogP contribution in [0.2, 0.25) is 0 Å². The van der Waals surface area contributed by atoms with Gasteiger partial charge in [-0.1, -0.05) is 30.3 Å². The minimum Gasteiger partial charge on any atom is -0.383 e. The number of halogens is 1. The van der Waals surface area contributed by atoms with Crippen molar-refractivity contribution in [3.63, 3.8) is 0 Å². The summed E-state index contributed by atoms with van der Waals surface area (Å²) in [7, 11) is 0. The summed E-state index contributed by atoms with van der Waals surface area (Å²) in [5, 5.41) is 4.13. The monoisotopic (exact) mass is 345 g/mol. The molecule has 20 heavy (non-hydrogen) atoms. The van der Waals surface area contributed by atoms with E-state index in [0.29, 0.717) is 11.6 Å². The topological polar surface area (TPSA) is 51.8 Å². The lowest BCUT2D eigenvalue weighted by Crippen LogP contribution is -2.00. The third kappa shape index (κ3) is 2.34. The number of aryl methyl sites for hydroxylation is 1. The van der Waals surface area contributed by atoms with Crippen LogP contribution in [0.3, 0.4) is 0 Å². The maximum absolute atomic E-state index is 6.02. The van der Waals surface area contributed by atoms with Crippen LogP contribution >= 0.6 is 27.3 Å². The maximum atomic E-state index is 6.02. The van der Waals surface area contributed by atoms with Gasteiger partial charge >= 0.3 is 0 Å². The van der Waals surface area contributed by atoms with Crippen molar-refractivity contribution in [1.82, 2.24) is 9.97 Å². The van der Waals surface area contributed by atoms with E-state index >= 15 is 0 Å². The Hall–Kier alpha value is -1.72. The molecule has 5 heteroatoms. The molecule has 0 atom stereocenters. The van der Waals surface area contributed by atoms with Crippen molar-refractivity contribution < 1.29 is 0 Å². The molecule has 100 valence electrons. The Kier molecular flexibility index (Phi) is 3.54. The summed E-state index contributed by atoms with van der Waals surface area (Å²) in [6.07, 6.45) is 0. The second-order valence-electron chi connectivity index (χ2n) is 4.43. The molecule has 0 spiro atoms. The van der Waals surface area contributed by atoms with Crippen LogP contribution in [-0.2, 0) is 0 Å². The van der Waals surface area contributed by atoms with Crippen LogP contribution in [0.25, 0.3) is 22.6 Å². The van der Waals surface area contributed by atoms with Crippen molar-refractivity contribution in [2.45, 2.75) is 6.92 Å². The van der Waals surface area contributed by atoms with Crippen molar-refractivity contribution in [2.75, 3.05) is 5.73 Å². The smallest absolute Gasteiger partial charge is 0.163 e. The second-order valence-corrected chi connectivity index (χ2v) is 5.97. The van der Waals surface area contributed by atoms with Crippen molar-refractivity contribution in [2.24, 2.45) is 0 Å². The zero-order chi connectivity index (χ0) is 14.1. The molecule has 1 aromatic carbocycles. The molecule has 0 fully saturated rings. The Balaban J connectivity index is 2.21. The van der Waals surface area contributed by atoms with Crippen LogP contribution in [0.15, 0.2) is 45.6 Å². The Morgan fingerprint density at radius 2 is 1.85 bits per heavy atom. The standard InChI is InChI=1S/C15H12BrN3S/c1-9-7-20-8-11(9)15-18-13(12(16)14(17)19-15)10-5-3-2-4-6-10/h2-8H,1H3,(H2,17,18,19). The van der Waals surface area contributed by atoms with Gasteiger partial charge < -0.3 is 5.73 Å². The van der Waals surface area contributed by atoms with Crippen LogP contribution in [0.4, 0.5) is 5.82 Å². The van der Waals surface area contributed by atoms with Crippen LogP contribution in [0, 0.1) is 6.92 Å². The van der Waals surface area contributed by atoms with Gasteiger partial charge in [0.05, 0.1) is 10.2 Å². The molecule has 0 saturated heterocycles. The molecule has 2 aromatic heterocycles. The van der Waals surface area contributed by atoms with Crippen LogP contribution in [0.5, 0.6) is 0 Å². The van der Waals surface area contributed by atoms with E-state index in [2.05, 4.69) is 38.2 Å². The number of nitrogens with zero attached hydrogens (tertiary/aromatic N) is 2. The highest BCUT2D eigenvalue weighted by Gasteiger charge is 2.14. The molecule has 3 rings (SSSR count). The van der Waals surface area contributed by atoms with Gasteiger partial charge in [-0.3, -0.25) is 0 Å². The van der Waals surface area contributed by atoms with Crippen LogP contribution < -0.4 is 5.73 Å². The number of benzene rings is 1. The number of nitrogen functional groups attached to an aromatic ring is 1. The summed E-state index contributed by atoms with van der Waals surface area (Å²) in [4.78, 5) is 9.06. The van der Waals surface area contributed by atoms with E-state index in [4.69, 9.17) is 5.73 Å². The van der Waals surface area contributed by atoms with Crippen molar-refractivity contribution in [3.05, 3.63) is 51.1 Å². The molecular weight excluding hydrogens is 334 g/mol. The molecule has 2 heterocycles. The van der Waals surface area contributed by atoms with Gasteiger partial charge in [0.2, 0.25) is 0 Å². The summed E-state index contributed by atoms with van der Waals surface area (Å²) in [6, 6.07) is 9.96. The van der Waals surface area contributed by atoms with E-state index in [9.17, 15) is 0 Å². The molecule has 0 aliphatic rings. The third-order valence-corrected chi connectivity index (χ3v) is 4.66. The normalized spacial score (nSPS) is 10.7. The SMILES string of the molecule is Cc1cscc1-c1nc(N)c(Br)c(-c2ccccc2)n1. The first-order valence-corrected chi connectivity index (χ1v) is 7.82. The van der Waals surface area contributed by atoms with Gasteiger partial charge in [0, 0.05) is 16.5 Å². The van der Waals surface area contributed by atoms with E-state index in [1.54, 1.807) is 11.3 Å². The molecule has 2 N–H and O–H groups in total. The summed E-state index contributed by atoms with van der Waals surface area (Å²) in [6.45, 7) is 2.05. The van der Waals surface area contributed by atoms with Gasteiger partial charge in [0.1, 0.15) is 5.82 Å². The summed E-state index contributed by atoms with van der Waals surface area (Å²) < 4.78 is 0.736. The molecule has 3 aromatic rings. The largest absolute Gasteiger partial charge is 0.383 e. The minimum atomic E-state index is 0.458. The molecular formula is C15H12BrN3S. The number of anilines is 1. The van der Waals surface area contributed by atoms with E-state index in [-0.39, 0.29) is 0 Å². The average molecular weight is 346 g/mol. The molecule has 0 radical (unpaired) electrons. The first kappa shape index (κ1) is 13.3. The highest BCUT2D eigenvalue weighted by molar-refractivity contribution is 9.10. The number of nitrogens with two attached hydrogens (primary N) is 1. The number of hydrogen-bond acceptors (Lipinski definition) is 4. The number of thiophene rings is 1. The number of rotatable bonds is 2. The fraction of sp³-hybridized carbons (Fsp3) is 0.0667. The lowest BCUT2D eigenvalue weighted by molar-refractivity contribution is 1.17. The van der Waals surface area contributed by atoms with Gasteiger partial charge in [-0.15, -0.1) is 0 Å². The maximum Gasteiger partial charge on any atom is 0.163 e. The lowest BCUT2D eigenvalue weighted by atomic mass is 10.1. The zero-order valence-electron chi connectivity index (χ0n) is 10.8. The predicted octanol–water partition coefficient (Wildman–Crippen LogP) is 4.53. The molecule has 0 aliphatic carbocycles. The van der Waals surface area contributed by atoms with Crippen molar-refractivity contribution in [1.29, 1.82) is 0 Å². The van der Waals surface area contributed by atoms with Gasteiger partial charge in [0.15, 0.2) is 5.82 Å². The van der Waals surface area contributed by atoms with Gasteiger partial charge in [-0.05, 0) is 33.8 Å². The fourth-order valence-corrected chi connectivity index (χ4v) is 3.19. The number of hydrogen-bond donors (Lipinski definition) is 1. The van der Waals surface area contributed by atoms with E-state index < -0.39 is 0 Å². The molecule has 0 saturated carbocycles. The lowest BCUT2D eigenvalue weighted by Gasteiger charge is -2.09. The highest BCUT2D eigenvalue weighted by atomic mass is 79.9. The molecule has 0 amide bonds. The third-order valence-electron chi connectivity index (χ3n) is 3.02. The van der Waals surface area contributed by atoms with E-state index in [0.717, 1.165) is 26.9 Å². The zero-order valence-corrected chi connectivity index (χ0v) is 13.2. The molecule has 0 bridgehead atoms.